The Bertz CT molecular complexity index is 451. The molecule has 110 valence electrons. The van der Waals surface area contributed by atoms with Crippen LogP contribution in [0.15, 0.2) is 29.4 Å². The summed E-state index contributed by atoms with van der Waals surface area (Å²) in [6, 6.07) is 7.42. The predicted molar refractivity (Wildman–Crippen MR) is 84.1 cm³/mol. The van der Waals surface area contributed by atoms with E-state index in [9.17, 15) is 0 Å². The number of benzene rings is 1. The third-order valence-electron chi connectivity index (χ3n) is 3.16. The molecule has 1 aromatic carbocycles. The van der Waals surface area contributed by atoms with Gasteiger partial charge in [0.2, 0.25) is 0 Å². The van der Waals surface area contributed by atoms with Gasteiger partial charge in [0.1, 0.15) is 5.04 Å². The molecule has 0 radical (unpaired) electrons. The Kier molecular flexibility index (Phi) is 6.66. The van der Waals surface area contributed by atoms with Crippen molar-refractivity contribution in [2.24, 2.45) is 5.16 Å². The molecule has 1 aromatic rings. The Morgan fingerprint density at radius 2 is 2.10 bits per heavy atom. The number of morpholine rings is 1. The van der Waals surface area contributed by atoms with Crippen LogP contribution in [0.3, 0.4) is 0 Å². The minimum absolute atomic E-state index is 0.581. The zero-order valence-electron chi connectivity index (χ0n) is 11.3. The van der Waals surface area contributed by atoms with Gasteiger partial charge in [-0.15, -0.1) is 11.8 Å². The molecule has 0 spiro atoms. The number of halogens is 1. The van der Waals surface area contributed by atoms with E-state index in [1.807, 2.05) is 18.2 Å². The van der Waals surface area contributed by atoms with Gasteiger partial charge in [0, 0.05) is 24.4 Å². The molecule has 0 unspecified atom stereocenters. The van der Waals surface area contributed by atoms with Crippen molar-refractivity contribution < 1.29 is 9.94 Å². The van der Waals surface area contributed by atoms with Crippen molar-refractivity contribution in [2.75, 3.05) is 38.6 Å². The number of thioether (sulfide) groups is 1. The number of hydrogen-bond donors (Lipinski definition) is 1. The monoisotopic (exact) mass is 314 g/mol. The van der Waals surface area contributed by atoms with Crippen molar-refractivity contribution in [3.05, 3.63) is 34.9 Å². The van der Waals surface area contributed by atoms with Gasteiger partial charge in [0.15, 0.2) is 0 Å². The highest BCUT2D eigenvalue weighted by molar-refractivity contribution is 8.14. The topological polar surface area (TPSA) is 45.1 Å². The summed E-state index contributed by atoms with van der Waals surface area (Å²) in [4.78, 5) is 2.40. The molecule has 20 heavy (non-hydrogen) atoms. The van der Waals surface area contributed by atoms with Gasteiger partial charge in [-0.3, -0.25) is 4.90 Å². The normalized spacial score (nSPS) is 17.4. The molecule has 1 heterocycles. The van der Waals surface area contributed by atoms with Crippen molar-refractivity contribution in [3.8, 4) is 0 Å². The molecule has 0 amide bonds. The fourth-order valence-corrected chi connectivity index (χ4v) is 3.22. The average Bonchev–Trinajstić information content (AvgIpc) is 2.50. The summed E-state index contributed by atoms with van der Waals surface area (Å²) in [6.45, 7) is 4.73. The van der Waals surface area contributed by atoms with Crippen LogP contribution in [0.1, 0.15) is 12.0 Å². The first-order chi connectivity index (χ1) is 9.81. The summed E-state index contributed by atoms with van der Waals surface area (Å²) in [5.74, 6) is 0.905. The number of ether oxygens (including phenoxy) is 1. The smallest absolute Gasteiger partial charge is 0.144 e. The third kappa shape index (κ3) is 4.66. The molecule has 1 aliphatic rings. The zero-order valence-corrected chi connectivity index (χ0v) is 12.9. The van der Waals surface area contributed by atoms with E-state index >= 15 is 0 Å². The molecule has 1 saturated heterocycles. The quantitative estimate of drug-likeness (QED) is 0.298. The predicted octanol–water partition coefficient (Wildman–Crippen LogP) is 2.93. The molecular weight excluding hydrogens is 296 g/mol. The Morgan fingerprint density at radius 1 is 1.35 bits per heavy atom. The zero-order chi connectivity index (χ0) is 14.2. The molecular formula is C14H19ClN2O2S. The fraction of sp³-hybridized carbons (Fsp3) is 0.500. The van der Waals surface area contributed by atoms with Gasteiger partial charge in [-0.25, -0.2) is 0 Å². The Hall–Kier alpha value is -0.750. The van der Waals surface area contributed by atoms with Gasteiger partial charge in [0.05, 0.1) is 18.2 Å². The van der Waals surface area contributed by atoms with Crippen LogP contribution in [0, 0.1) is 0 Å². The van der Waals surface area contributed by atoms with Crippen LogP contribution >= 0.6 is 23.4 Å². The number of oxime groups is 1. The number of rotatable bonds is 5. The Morgan fingerprint density at radius 3 is 2.80 bits per heavy atom. The largest absolute Gasteiger partial charge is 0.410 e. The summed E-state index contributed by atoms with van der Waals surface area (Å²) in [7, 11) is 0. The molecule has 4 nitrogen and oxygen atoms in total. The highest BCUT2D eigenvalue weighted by atomic mass is 35.5. The van der Waals surface area contributed by atoms with Gasteiger partial charge in [0.25, 0.3) is 0 Å². The fourth-order valence-electron chi connectivity index (χ4n) is 2.08. The van der Waals surface area contributed by atoms with E-state index < -0.39 is 0 Å². The van der Waals surface area contributed by atoms with Crippen LogP contribution in [0.2, 0.25) is 5.02 Å². The molecule has 1 aliphatic heterocycles. The lowest BCUT2D eigenvalue weighted by Gasteiger charge is -2.26. The first kappa shape index (κ1) is 15.6. The maximum atomic E-state index is 9.13. The summed E-state index contributed by atoms with van der Waals surface area (Å²) < 4.78 is 5.32. The van der Waals surface area contributed by atoms with E-state index in [1.54, 1.807) is 6.07 Å². The van der Waals surface area contributed by atoms with Crippen LogP contribution in [0.4, 0.5) is 0 Å². The van der Waals surface area contributed by atoms with E-state index in [0.29, 0.717) is 10.1 Å². The maximum Gasteiger partial charge on any atom is 0.144 e. The molecule has 0 bridgehead atoms. The van der Waals surface area contributed by atoms with E-state index in [1.165, 1.54) is 11.8 Å². The summed E-state index contributed by atoms with van der Waals surface area (Å²) in [6.07, 6.45) is 1.05. The van der Waals surface area contributed by atoms with Crippen molar-refractivity contribution in [3.63, 3.8) is 0 Å². The molecule has 0 aromatic heterocycles. The first-order valence-corrected chi connectivity index (χ1v) is 8.07. The molecule has 0 atom stereocenters. The van der Waals surface area contributed by atoms with Gasteiger partial charge >= 0.3 is 0 Å². The van der Waals surface area contributed by atoms with E-state index in [-0.39, 0.29) is 0 Å². The lowest BCUT2D eigenvalue weighted by Crippen LogP contribution is -2.37. The van der Waals surface area contributed by atoms with Crippen LogP contribution in [0.25, 0.3) is 0 Å². The first-order valence-electron chi connectivity index (χ1n) is 6.71. The molecule has 2 rings (SSSR count). The SMILES string of the molecule is O/N=C(/SCCCN1CCOCC1)c1ccccc1Cl. The molecule has 1 N–H and O–H groups in total. The van der Waals surface area contributed by atoms with Crippen LogP contribution < -0.4 is 0 Å². The van der Waals surface area contributed by atoms with Gasteiger partial charge in [-0.2, -0.15) is 0 Å². The highest BCUT2D eigenvalue weighted by Gasteiger charge is 2.11. The lowest BCUT2D eigenvalue weighted by atomic mass is 10.2. The molecule has 6 heteroatoms. The van der Waals surface area contributed by atoms with Crippen molar-refractivity contribution in [1.29, 1.82) is 0 Å². The van der Waals surface area contributed by atoms with Gasteiger partial charge in [-0.05, 0) is 19.0 Å². The standard InChI is InChI=1S/C14H19ClN2O2S/c15-13-5-2-1-4-12(13)14(16-18)20-11-3-6-17-7-9-19-10-8-17/h1-2,4-5,18H,3,6-11H2/b16-14+. The van der Waals surface area contributed by atoms with Gasteiger partial charge < -0.3 is 9.94 Å². The minimum Gasteiger partial charge on any atom is -0.410 e. The minimum atomic E-state index is 0.581. The lowest BCUT2D eigenvalue weighted by molar-refractivity contribution is 0.0381. The van der Waals surface area contributed by atoms with Crippen molar-refractivity contribution >= 4 is 28.4 Å². The van der Waals surface area contributed by atoms with Crippen LogP contribution in [0.5, 0.6) is 0 Å². The summed E-state index contributed by atoms with van der Waals surface area (Å²) >= 11 is 7.64. The second-order valence-corrected chi connectivity index (χ2v) is 6.03. The average molecular weight is 315 g/mol. The molecule has 0 saturated carbocycles. The second kappa shape index (κ2) is 8.52. The summed E-state index contributed by atoms with van der Waals surface area (Å²) in [5.41, 5.74) is 0.785. The van der Waals surface area contributed by atoms with Gasteiger partial charge in [-0.1, -0.05) is 35.0 Å². The highest BCUT2D eigenvalue weighted by Crippen LogP contribution is 2.22. The summed E-state index contributed by atoms with van der Waals surface area (Å²) in [5, 5.41) is 13.7. The number of nitrogens with zero attached hydrogens (tertiary/aromatic N) is 2. The number of hydrogen-bond acceptors (Lipinski definition) is 5. The van der Waals surface area contributed by atoms with E-state index in [2.05, 4.69) is 10.1 Å². The van der Waals surface area contributed by atoms with Crippen molar-refractivity contribution in [2.45, 2.75) is 6.42 Å². The second-order valence-electron chi connectivity index (χ2n) is 4.54. The Labute approximate surface area is 128 Å². The van der Waals surface area contributed by atoms with Crippen LogP contribution in [-0.4, -0.2) is 53.8 Å². The molecule has 0 aliphatic carbocycles. The molecule has 1 fully saturated rings. The maximum absolute atomic E-state index is 9.13. The Balaban J connectivity index is 1.76. The van der Waals surface area contributed by atoms with Crippen molar-refractivity contribution in [1.82, 2.24) is 4.90 Å². The van der Waals surface area contributed by atoms with Crippen LogP contribution in [-0.2, 0) is 4.74 Å². The van der Waals surface area contributed by atoms with E-state index in [0.717, 1.165) is 50.6 Å². The third-order valence-corrected chi connectivity index (χ3v) is 4.55. The van der Waals surface area contributed by atoms with E-state index in [4.69, 9.17) is 21.5 Å².